The molecule has 4 aromatic rings. The lowest BCUT2D eigenvalue weighted by molar-refractivity contribution is -0.141. The number of nitrogens with one attached hydrogen (secondary N) is 1. The molecule has 0 saturated carbocycles. The van der Waals surface area contributed by atoms with E-state index in [-0.39, 0.29) is 29.5 Å². The van der Waals surface area contributed by atoms with Crippen LogP contribution in [-0.4, -0.2) is 55.1 Å². The maximum Gasteiger partial charge on any atom is 0.243 e. The van der Waals surface area contributed by atoms with Crippen LogP contribution in [0.5, 0.6) is 0 Å². The lowest BCUT2D eigenvalue weighted by atomic mass is 10.0. The third-order valence-corrected chi connectivity index (χ3v) is 9.16. The van der Waals surface area contributed by atoms with Crippen LogP contribution in [0.4, 0.5) is 4.39 Å². The molecule has 0 saturated heterocycles. The first-order valence-electron chi connectivity index (χ1n) is 13.9. The summed E-state index contributed by atoms with van der Waals surface area (Å²) >= 11 is 0. The number of likely N-dealkylation sites (N-methyl/N-ethyl adjacent to an activating group) is 1. The van der Waals surface area contributed by atoms with Gasteiger partial charge >= 0.3 is 0 Å². The predicted molar refractivity (Wildman–Crippen MR) is 163 cm³/mol. The molecule has 0 spiro atoms. The molecular formula is C33H36FN3O4S. The number of carbonyl (C=O) groups excluding carboxylic acids is 2. The van der Waals surface area contributed by atoms with E-state index in [9.17, 15) is 22.4 Å². The third-order valence-electron chi connectivity index (χ3n) is 7.36. The van der Waals surface area contributed by atoms with Crippen LogP contribution in [0.25, 0.3) is 10.8 Å². The summed E-state index contributed by atoms with van der Waals surface area (Å²) in [5.74, 6) is -1.53. The molecule has 0 aromatic heterocycles. The highest BCUT2D eigenvalue weighted by molar-refractivity contribution is 7.89. The molecule has 0 fully saturated rings. The van der Waals surface area contributed by atoms with Gasteiger partial charge in [0.05, 0.1) is 11.4 Å². The second kappa shape index (κ2) is 13.7. The van der Waals surface area contributed by atoms with Crippen molar-refractivity contribution in [2.75, 3.05) is 13.6 Å². The minimum absolute atomic E-state index is 0.0486. The highest BCUT2D eigenvalue weighted by Crippen LogP contribution is 2.23. The van der Waals surface area contributed by atoms with Crippen molar-refractivity contribution in [1.29, 1.82) is 0 Å². The summed E-state index contributed by atoms with van der Waals surface area (Å²) < 4.78 is 42.9. The van der Waals surface area contributed by atoms with Gasteiger partial charge in [-0.15, -0.1) is 0 Å². The molecule has 0 aliphatic carbocycles. The van der Waals surface area contributed by atoms with Crippen LogP contribution in [0, 0.1) is 5.82 Å². The van der Waals surface area contributed by atoms with Crippen molar-refractivity contribution in [1.82, 2.24) is 14.5 Å². The molecule has 220 valence electrons. The van der Waals surface area contributed by atoms with Gasteiger partial charge in [0.25, 0.3) is 0 Å². The molecule has 2 amide bonds. The number of hydrogen-bond donors (Lipinski definition) is 1. The fraction of sp³-hybridized carbons (Fsp3) is 0.273. The Morgan fingerprint density at radius 2 is 1.52 bits per heavy atom. The Kier molecular flexibility index (Phi) is 10.1. The third kappa shape index (κ3) is 7.40. The van der Waals surface area contributed by atoms with E-state index in [1.807, 2.05) is 68.4 Å². The van der Waals surface area contributed by atoms with E-state index >= 15 is 0 Å². The molecule has 9 heteroatoms. The van der Waals surface area contributed by atoms with Crippen molar-refractivity contribution < 1.29 is 22.4 Å². The summed E-state index contributed by atoms with van der Waals surface area (Å²) in [4.78, 5) is 28.9. The number of sulfonamides is 1. The SMILES string of the molecule is CC[C@H](C)NC(=O)[C@@H](Cc1ccccc1)N(Cc1ccccc1F)C(=O)CN(C)S(=O)(=O)c1ccc2ccccc2c1. The number of rotatable bonds is 12. The standard InChI is InChI=1S/C33H36FN3O4S/c1-4-24(2)35-33(39)31(20-25-12-6-5-7-13-25)37(22-28-16-10-11-17-30(28)34)32(38)23-36(3)42(40,41)29-19-18-26-14-8-9-15-27(26)21-29/h5-19,21,24,31H,4,20,22-23H2,1-3H3,(H,35,39)/t24-,31+/m0/s1. The van der Waals surface area contributed by atoms with Gasteiger partial charge in [-0.3, -0.25) is 9.59 Å². The van der Waals surface area contributed by atoms with E-state index < -0.39 is 40.2 Å². The number of amides is 2. The lowest BCUT2D eigenvalue weighted by Crippen LogP contribution is -2.54. The van der Waals surface area contributed by atoms with Gasteiger partial charge in [0, 0.05) is 31.6 Å². The molecule has 0 heterocycles. The number of fused-ring (bicyclic) bond motifs is 1. The molecular weight excluding hydrogens is 553 g/mol. The molecule has 4 rings (SSSR count). The number of halogens is 1. The second-order valence-corrected chi connectivity index (χ2v) is 12.5. The van der Waals surface area contributed by atoms with Crippen LogP contribution >= 0.6 is 0 Å². The van der Waals surface area contributed by atoms with Crippen molar-refractivity contribution in [3.05, 3.63) is 114 Å². The Hall–Kier alpha value is -4.08. The first kappa shape index (κ1) is 30.9. The van der Waals surface area contributed by atoms with Crippen LogP contribution < -0.4 is 5.32 Å². The number of benzene rings is 4. The van der Waals surface area contributed by atoms with Crippen LogP contribution in [0.2, 0.25) is 0 Å². The Morgan fingerprint density at radius 1 is 0.881 bits per heavy atom. The topological polar surface area (TPSA) is 86.8 Å². The fourth-order valence-corrected chi connectivity index (χ4v) is 5.84. The van der Waals surface area contributed by atoms with Gasteiger partial charge in [-0.2, -0.15) is 4.31 Å². The molecule has 7 nitrogen and oxygen atoms in total. The number of hydrogen-bond acceptors (Lipinski definition) is 4. The zero-order chi connectivity index (χ0) is 30.3. The zero-order valence-corrected chi connectivity index (χ0v) is 24.9. The molecule has 1 N–H and O–H groups in total. The maximum atomic E-state index is 14.8. The van der Waals surface area contributed by atoms with Gasteiger partial charge in [0.15, 0.2) is 0 Å². The normalized spacial score (nSPS) is 13.1. The van der Waals surface area contributed by atoms with E-state index in [1.165, 1.54) is 24.1 Å². The molecule has 4 aromatic carbocycles. The highest BCUT2D eigenvalue weighted by Gasteiger charge is 2.34. The van der Waals surface area contributed by atoms with Crippen LogP contribution in [-0.2, 0) is 32.6 Å². The van der Waals surface area contributed by atoms with Gasteiger partial charge in [-0.1, -0.05) is 85.8 Å². The Bertz CT molecular complexity index is 1650. The van der Waals surface area contributed by atoms with E-state index in [0.717, 1.165) is 20.6 Å². The molecule has 0 bridgehead atoms. The van der Waals surface area contributed by atoms with Gasteiger partial charge in [-0.05, 0) is 47.9 Å². The number of carbonyl (C=O) groups is 2. The van der Waals surface area contributed by atoms with Crippen LogP contribution in [0.1, 0.15) is 31.4 Å². The van der Waals surface area contributed by atoms with E-state index in [2.05, 4.69) is 5.32 Å². The highest BCUT2D eigenvalue weighted by atomic mass is 32.2. The van der Waals surface area contributed by atoms with Crippen LogP contribution in [0.15, 0.2) is 102 Å². The van der Waals surface area contributed by atoms with Gasteiger partial charge in [-0.25, -0.2) is 12.8 Å². The maximum absolute atomic E-state index is 14.8. The largest absolute Gasteiger partial charge is 0.352 e. The first-order valence-corrected chi connectivity index (χ1v) is 15.4. The van der Waals surface area contributed by atoms with E-state index in [1.54, 1.807) is 30.3 Å². The number of nitrogens with zero attached hydrogens (tertiary/aromatic N) is 2. The van der Waals surface area contributed by atoms with Gasteiger partial charge < -0.3 is 10.2 Å². The Balaban J connectivity index is 1.68. The smallest absolute Gasteiger partial charge is 0.243 e. The molecule has 0 aliphatic rings. The second-order valence-electron chi connectivity index (χ2n) is 10.4. The monoisotopic (exact) mass is 589 g/mol. The molecule has 2 atom stereocenters. The summed E-state index contributed by atoms with van der Waals surface area (Å²) in [6, 6.07) is 26.3. The van der Waals surface area contributed by atoms with Crippen LogP contribution in [0.3, 0.4) is 0 Å². The van der Waals surface area contributed by atoms with Crippen molar-refractivity contribution in [2.24, 2.45) is 0 Å². The van der Waals surface area contributed by atoms with E-state index in [0.29, 0.717) is 6.42 Å². The summed E-state index contributed by atoms with van der Waals surface area (Å²) in [5.41, 5.74) is 1.03. The lowest BCUT2D eigenvalue weighted by Gasteiger charge is -2.33. The Labute approximate surface area is 247 Å². The first-order chi connectivity index (χ1) is 20.1. The Morgan fingerprint density at radius 3 is 2.21 bits per heavy atom. The van der Waals surface area contributed by atoms with Crippen molar-refractivity contribution in [2.45, 2.75) is 50.2 Å². The summed E-state index contributed by atoms with van der Waals surface area (Å²) in [5, 5.41) is 4.60. The summed E-state index contributed by atoms with van der Waals surface area (Å²) in [6.07, 6.45) is 0.849. The average molecular weight is 590 g/mol. The predicted octanol–water partition coefficient (Wildman–Crippen LogP) is 5.15. The molecule has 0 aliphatic heterocycles. The van der Waals surface area contributed by atoms with Crippen molar-refractivity contribution in [3.63, 3.8) is 0 Å². The minimum atomic E-state index is -4.06. The van der Waals surface area contributed by atoms with Gasteiger partial charge in [0.2, 0.25) is 21.8 Å². The van der Waals surface area contributed by atoms with Gasteiger partial charge in [0.1, 0.15) is 11.9 Å². The average Bonchev–Trinajstić information content (AvgIpc) is 2.99. The van der Waals surface area contributed by atoms with Crippen molar-refractivity contribution >= 4 is 32.6 Å². The minimum Gasteiger partial charge on any atom is -0.352 e. The quantitative estimate of drug-likeness (QED) is 0.248. The van der Waals surface area contributed by atoms with E-state index in [4.69, 9.17) is 0 Å². The fourth-order valence-electron chi connectivity index (χ4n) is 4.68. The van der Waals surface area contributed by atoms with Crippen molar-refractivity contribution in [3.8, 4) is 0 Å². The summed E-state index contributed by atoms with van der Waals surface area (Å²) in [6.45, 7) is 3.06. The zero-order valence-electron chi connectivity index (χ0n) is 24.0. The molecule has 0 radical (unpaired) electrons. The summed E-state index contributed by atoms with van der Waals surface area (Å²) in [7, 11) is -2.73. The molecule has 0 unspecified atom stereocenters. The molecule has 42 heavy (non-hydrogen) atoms.